The van der Waals surface area contributed by atoms with Crippen LogP contribution in [-0.2, 0) is 20.7 Å². The van der Waals surface area contributed by atoms with E-state index in [-0.39, 0.29) is 24.1 Å². The molecular formula is C36H49N3O5. The van der Waals surface area contributed by atoms with Crippen molar-refractivity contribution in [3.63, 3.8) is 0 Å². The van der Waals surface area contributed by atoms with Crippen molar-refractivity contribution in [1.29, 1.82) is 0 Å². The largest absolute Gasteiger partial charge is 0.508 e. The number of amides is 3. The fraction of sp³-hybridized carbons (Fsp3) is 0.528. The van der Waals surface area contributed by atoms with Gasteiger partial charge in [-0.25, -0.2) is 4.79 Å². The van der Waals surface area contributed by atoms with Crippen LogP contribution in [0.25, 0.3) is 0 Å². The van der Waals surface area contributed by atoms with Crippen LogP contribution in [0.1, 0.15) is 108 Å². The van der Waals surface area contributed by atoms with Gasteiger partial charge in [-0.15, -0.1) is 6.42 Å². The van der Waals surface area contributed by atoms with E-state index < -0.39 is 29.7 Å². The normalized spacial score (nSPS) is 15.0. The summed E-state index contributed by atoms with van der Waals surface area (Å²) in [6, 6.07) is 11.7. The summed E-state index contributed by atoms with van der Waals surface area (Å²) in [6.45, 7) is 7.69. The fourth-order valence-electron chi connectivity index (χ4n) is 5.64. The topological polar surface area (TPSA) is 108 Å². The number of aromatic hydroxyl groups is 1. The Morgan fingerprint density at radius 1 is 1.02 bits per heavy atom. The second-order valence-electron chi connectivity index (χ2n) is 12.6. The average molecular weight is 604 g/mol. The first-order valence-corrected chi connectivity index (χ1v) is 16.0. The zero-order valence-corrected chi connectivity index (χ0v) is 26.7. The van der Waals surface area contributed by atoms with E-state index in [0.717, 1.165) is 56.9 Å². The number of nitrogens with one attached hydrogen (secondary N) is 2. The predicted molar refractivity (Wildman–Crippen MR) is 173 cm³/mol. The molecule has 0 radical (unpaired) electrons. The lowest BCUT2D eigenvalue weighted by Gasteiger charge is -2.36. The third kappa shape index (κ3) is 10.6. The minimum Gasteiger partial charge on any atom is -0.508 e. The van der Waals surface area contributed by atoms with Crippen LogP contribution < -0.4 is 10.6 Å². The molecule has 2 unspecified atom stereocenters. The van der Waals surface area contributed by atoms with Crippen molar-refractivity contribution in [2.45, 2.75) is 116 Å². The highest BCUT2D eigenvalue weighted by Crippen LogP contribution is 2.28. The molecule has 1 aliphatic carbocycles. The van der Waals surface area contributed by atoms with Gasteiger partial charge in [0.05, 0.1) is 0 Å². The summed E-state index contributed by atoms with van der Waals surface area (Å²) in [4.78, 5) is 43.5. The van der Waals surface area contributed by atoms with Crippen molar-refractivity contribution in [2.75, 3.05) is 6.54 Å². The van der Waals surface area contributed by atoms with Gasteiger partial charge < -0.3 is 25.4 Å². The first-order valence-electron chi connectivity index (χ1n) is 16.0. The molecule has 3 N–H and O–H groups in total. The van der Waals surface area contributed by atoms with Crippen molar-refractivity contribution in [3.8, 4) is 18.1 Å². The smallest absolute Gasteiger partial charge is 0.408 e. The second-order valence-corrected chi connectivity index (χ2v) is 12.6. The number of terminal acetylenes is 1. The Kier molecular flexibility index (Phi) is 13.1. The number of carbonyl (C=O) groups is 3. The first kappa shape index (κ1) is 34.5. The molecule has 2 atom stereocenters. The molecule has 2 aromatic carbocycles. The van der Waals surface area contributed by atoms with E-state index in [1.54, 1.807) is 43.9 Å². The molecule has 8 nitrogen and oxygen atoms in total. The molecule has 1 saturated carbocycles. The molecule has 0 saturated heterocycles. The zero-order valence-electron chi connectivity index (χ0n) is 26.7. The Morgan fingerprint density at radius 2 is 1.70 bits per heavy atom. The Bertz CT molecular complexity index is 1270. The van der Waals surface area contributed by atoms with Crippen molar-refractivity contribution in [3.05, 3.63) is 65.2 Å². The lowest BCUT2D eigenvalue weighted by Crippen LogP contribution is -2.54. The summed E-state index contributed by atoms with van der Waals surface area (Å²) in [5.41, 5.74) is 1.07. The van der Waals surface area contributed by atoms with E-state index in [1.165, 1.54) is 12.1 Å². The molecular weight excluding hydrogens is 554 g/mol. The van der Waals surface area contributed by atoms with E-state index in [9.17, 15) is 19.5 Å². The summed E-state index contributed by atoms with van der Waals surface area (Å²) in [6.07, 6.45) is 13.9. The third-order valence-electron chi connectivity index (χ3n) is 7.82. The van der Waals surface area contributed by atoms with Crippen molar-refractivity contribution < 1.29 is 24.2 Å². The van der Waals surface area contributed by atoms with E-state index in [1.807, 2.05) is 18.2 Å². The maximum absolute atomic E-state index is 14.7. The molecule has 3 rings (SSSR count). The van der Waals surface area contributed by atoms with E-state index in [0.29, 0.717) is 24.1 Å². The van der Waals surface area contributed by atoms with Crippen LogP contribution in [0, 0.1) is 12.3 Å². The van der Waals surface area contributed by atoms with E-state index >= 15 is 0 Å². The molecule has 44 heavy (non-hydrogen) atoms. The molecule has 3 amide bonds. The molecule has 8 heteroatoms. The number of phenols is 1. The molecule has 1 aliphatic rings. The van der Waals surface area contributed by atoms with Crippen LogP contribution in [0.15, 0.2) is 48.5 Å². The number of ether oxygens (including phenoxy) is 1. The van der Waals surface area contributed by atoms with Crippen LogP contribution in [0.3, 0.4) is 0 Å². The van der Waals surface area contributed by atoms with Gasteiger partial charge in [-0.2, -0.15) is 0 Å². The number of carbonyl (C=O) groups excluding carboxylic acids is 3. The predicted octanol–water partition coefficient (Wildman–Crippen LogP) is 6.41. The fourth-order valence-corrected chi connectivity index (χ4v) is 5.64. The summed E-state index contributed by atoms with van der Waals surface area (Å²) in [5.74, 6) is 2.12. The highest BCUT2D eigenvalue weighted by Gasteiger charge is 2.37. The van der Waals surface area contributed by atoms with Gasteiger partial charge in [-0.3, -0.25) is 9.59 Å². The number of hydrogen-bond donors (Lipinski definition) is 3. The molecule has 0 heterocycles. The molecule has 0 bridgehead atoms. The Labute approximate surface area is 262 Å². The van der Waals surface area contributed by atoms with Gasteiger partial charge in [0.25, 0.3) is 0 Å². The number of unbranched alkanes of at least 4 members (excludes halogenated alkanes) is 3. The summed E-state index contributed by atoms with van der Waals surface area (Å²) in [7, 11) is 0. The maximum Gasteiger partial charge on any atom is 0.408 e. The quantitative estimate of drug-likeness (QED) is 0.181. The monoisotopic (exact) mass is 603 g/mol. The molecule has 0 aromatic heterocycles. The second kappa shape index (κ2) is 16.7. The highest BCUT2D eigenvalue weighted by molar-refractivity contribution is 5.92. The van der Waals surface area contributed by atoms with Crippen LogP contribution in [0.5, 0.6) is 5.75 Å². The van der Waals surface area contributed by atoms with Gasteiger partial charge in [0, 0.05) is 24.6 Å². The minimum absolute atomic E-state index is 0.0291. The van der Waals surface area contributed by atoms with Crippen LogP contribution in [0.2, 0.25) is 0 Å². The Hall–Kier alpha value is -3.99. The summed E-state index contributed by atoms with van der Waals surface area (Å²) in [5, 5.41) is 15.8. The van der Waals surface area contributed by atoms with Crippen LogP contribution in [0.4, 0.5) is 4.79 Å². The van der Waals surface area contributed by atoms with E-state index in [2.05, 4.69) is 23.5 Å². The number of hydrogen-bond acceptors (Lipinski definition) is 5. The third-order valence-corrected chi connectivity index (χ3v) is 7.82. The van der Waals surface area contributed by atoms with Gasteiger partial charge >= 0.3 is 6.09 Å². The zero-order chi connectivity index (χ0) is 32.1. The van der Waals surface area contributed by atoms with Crippen LogP contribution in [-0.4, -0.2) is 52.1 Å². The first-order chi connectivity index (χ1) is 21.0. The maximum atomic E-state index is 14.7. The SMILES string of the molecule is C#Cc1ccccc1C(C(=O)NC1CCCCC1)N(CCCCCC)C(=O)C(Cc1ccc(O)cc1)NC(=O)OC(C)(C)C. The molecule has 0 aliphatic heterocycles. The molecule has 0 spiro atoms. The number of phenolic OH excluding ortho intramolecular Hbond substituents is 1. The lowest BCUT2D eigenvalue weighted by atomic mass is 9.93. The summed E-state index contributed by atoms with van der Waals surface area (Å²) >= 11 is 0. The molecule has 1 fully saturated rings. The number of alkyl carbamates (subject to hydrolysis) is 1. The van der Waals surface area contributed by atoms with Crippen LogP contribution >= 0.6 is 0 Å². The van der Waals surface area contributed by atoms with E-state index in [4.69, 9.17) is 11.2 Å². The molecule has 238 valence electrons. The van der Waals surface area contributed by atoms with Crippen molar-refractivity contribution in [1.82, 2.24) is 15.5 Å². The van der Waals surface area contributed by atoms with Gasteiger partial charge in [-0.05, 0) is 69.4 Å². The minimum atomic E-state index is -1.04. The lowest BCUT2D eigenvalue weighted by molar-refractivity contribution is -0.143. The number of rotatable bonds is 13. The van der Waals surface area contributed by atoms with Crippen molar-refractivity contribution in [2.24, 2.45) is 0 Å². The summed E-state index contributed by atoms with van der Waals surface area (Å²) < 4.78 is 5.53. The van der Waals surface area contributed by atoms with Gasteiger partial charge in [-0.1, -0.05) is 81.7 Å². The van der Waals surface area contributed by atoms with Gasteiger partial charge in [0.2, 0.25) is 11.8 Å². The highest BCUT2D eigenvalue weighted by atomic mass is 16.6. The van der Waals surface area contributed by atoms with Gasteiger partial charge in [0.1, 0.15) is 23.4 Å². The standard InChI is InChI=1S/C36H49N3O5/c1-6-8-9-15-24-39(32(30-19-14-13-16-27(30)7-2)33(41)37-28-17-11-10-12-18-28)34(42)31(38-35(43)44-36(3,4)5)25-26-20-22-29(40)23-21-26/h2,13-14,16,19-23,28,31-32,40H,6,8-12,15,17-18,24-25H2,1,3-5H3,(H,37,41)(H,38,43). The van der Waals surface area contributed by atoms with Crippen molar-refractivity contribution >= 4 is 17.9 Å². The number of nitrogens with zero attached hydrogens (tertiary/aromatic N) is 1. The Balaban J connectivity index is 2.06. The molecule has 2 aromatic rings. The number of benzene rings is 2. The van der Waals surface area contributed by atoms with Gasteiger partial charge in [0.15, 0.2) is 0 Å². The average Bonchev–Trinajstić information content (AvgIpc) is 2.98. The Morgan fingerprint density at radius 3 is 2.34 bits per heavy atom.